The number of nitrogens with one attached hydrogen (secondary N) is 2. The average Bonchev–Trinajstić information content (AvgIpc) is 2.75. The third kappa shape index (κ3) is 1.95. The van der Waals surface area contributed by atoms with Gasteiger partial charge in [0.2, 0.25) is 0 Å². The van der Waals surface area contributed by atoms with Gasteiger partial charge < -0.3 is 4.57 Å². The van der Waals surface area contributed by atoms with Crippen LogP contribution < -0.4 is 11.2 Å². The Labute approximate surface area is 105 Å². The number of nitrogens with zero attached hydrogens (tertiary/aromatic N) is 2. The average molecular weight is 260 g/mol. The zero-order chi connectivity index (χ0) is 13.4. The Morgan fingerprint density at radius 2 is 2.00 bits per heavy atom. The molecule has 0 radical (unpaired) electrons. The second-order valence-electron chi connectivity index (χ2n) is 4.07. The third-order valence-electron chi connectivity index (χ3n) is 2.81. The smallest absolute Gasteiger partial charge is 0.320 e. The molecule has 0 spiro atoms. The highest BCUT2D eigenvalue weighted by molar-refractivity contribution is 5.68. The van der Waals surface area contributed by atoms with E-state index < -0.39 is 11.2 Å². The molecule has 0 amide bonds. The SMILES string of the molecule is O=c1[nH]c(=O)c2c(ncn2Cc2ccccc2F)[nH]1. The molecule has 0 unspecified atom stereocenters. The first-order chi connectivity index (χ1) is 9.15. The van der Waals surface area contributed by atoms with Crippen molar-refractivity contribution in [3.63, 3.8) is 0 Å². The predicted molar refractivity (Wildman–Crippen MR) is 66.5 cm³/mol. The van der Waals surface area contributed by atoms with Crippen LogP contribution in [0.5, 0.6) is 0 Å². The molecular weight excluding hydrogens is 251 g/mol. The van der Waals surface area contributed by atoms with E-state index in [9.17, 15) is 14.0 Å². The zero-order valence-corrected chi connectivity index (χ0v) is 9.68. The number of aromatic amines is 2. The first kappa shape index (κ1) is 11.4. The second kappa shape index (κ2) is 4.20. The van der Waals surface area contributed by atoms with Gasteiger partial charge >= 0.3 is 5.69 Å². The molecule has 1 aromatic carbocycles. The van der Waals surface area contributed by atoms with Gasteiger partial charge in [0.15, 0.2) is 11.2 Å². The Morgan fingerprint density at radius 1 is 1.21 bits per heavy atom. The maximum atomic E-state index is 13.6. The van der Waals surface area contributed by atoms with E-state index in [2.05, 4.69) is 15.0 Å². The van der Waals surface area contributed by atoms with E-state index in [1.165, 1.54) is 17.0 Å². The van der Waals surface area contributed by atoms with Gasteiger partial charge in [0.1, 0.15) is 5.82 Å². The van der Waals surface area contributed by atoms with Gasteiger partial charge in [0.25, 0.3) is 5.56 Å². The lowest BCUT2D eigenvalue weighted by atomic mass is 10.2. The molecule has 0 saturated heterocycles. The first-order valence-electron chi connectivity index (χ1n) is 5.56. The lowest BCUT2D eigenvalue weighted by Gasteiger charge is -2.04. The number of hydrogen-bond donors (Lipinski definition) is 2. The Hall–Kier alpha value is -2.70. The third-order valence-corrected chi connectivity index (χ3v) is 2.81. The van der Waals surface area contributed by atoms with Crippen molar-refractivity contribution < 1.29 is 4.39 Å². The molecule has 3 aromatic rings. The van der Waals surface area contributed by atoms with E-state index in [0.29, 0.717) is 5.56 Å². The molecule has 0 saturated carbocycles. The van der Waals surface area contributed by atoms with Crippen LogP contribution in [0.1, 0.15) is 5.56 Å². The van der Waals surface area contributed by atoms with Gasteiger partial charge in [0.05, 0.1) is 12.9 Å². The molecule has 2 aromatic heterocycles. The largest absolute Gasteiger partial charge is 0.327 e. The lowest BCUT2D eigenvalue weighted by molar-refractivity contribution is 0.601. The maximum Gasteiger partial charge on any atom is 0.327 e. The van der Waals surface area contributed by atoms with Crippen LogP contribution in [0.2, 0.25) is 0 Å². The highest BCUT2D eigenvalue weighted by atomic mass is 19.1. The second-order valence-corrected chi connectivity index (χ2v) is 4.07. The van der Waals surface area contributed by atoms with Crippen molar-refractivity contribution in [3.8, 4) is 0 Å². The van der Waals surface area contributed by atoms with Gasteiger partial charge in [-0.25, -0.2) is 14.2 Å². The van der Waals surface area contributed by atoms with E-state index >= 15 is 0 Å². The summed E-state index contributed by atoms with van der Waals surface area (Å²) < 4.78 is 15.1. The zero-order valence-electron chi connectivity index (χ0n) is 9.68. The molecule has 2 heterocycles. The molecule has 0 aliphatic carbocycles. The highest BCUT2D eigenvalue weighted by Crippen LogP contribution is 2.11. The molecule has 3 rings (SSSR count). The number of hydrogen-bond acceptors (Lipinski definition) is 3. The number of imidazole rings is 1. The van der Waals surface area contributed by atoms with Crippen LogP contribution >= 0.6 is 0 Å². The highest BCUT2D eigenvalue weighted by Gasteiger charge is 2.10. The standard InChI is InChI=1S/C12H9FN4O2/c13-8-4-2-1-3-7(8)5-17-6-14-10-9(17)11(18)16-12(19)15-10/h1-4,6H,5H2,(H2,15,16,18,19). The fourth-order valence-corrected chi connectivity index (χ4v) is 1.94. The fourth-order valence-electron chi connectivity index (χ4n) is 1.94. The predicted octanol–water partition coefficient (Wildman–Crippen LogP) is 0.600. The number of aromatic nitrogens is 4. The number of rotatable bonds is 2. The summed E-state index contributed by atoms with van der Waals surface area (Å²) in [7, 11) is 0. The molecule has 19 heavy (non-hydrogen) atoms. The van der Waals surface area contributed by atoms with E-state index in [0.717, 1.165) is 0 Å². The Balaban J connectivity index is 2.15. The van der Waals surface area contributed by atoms with Gasteiger partial charge in [-0.15, -0.1) is 0 Å². The summed E-state index contributed by atoms with van der Waals surface area (Å²) in [4.78, 5) is 31.3. The molecular formula is C12H9FN4O2. The Bertz CT molecular complexity index is 862. The topological polar surface area (TPSA) is 83.5 Å². The van der Waals surface area contributed by atoms with Gasteiger partial charge in [-0.2, -0.15) is 0 Å². The molecule has 0 atom stereocenters. The Kier molecular flexibility index (Phi) is 2.52. The van der Waals surface area contributed by atoms with Crippen LogP contribution in [0.4, 0.5) is 4.39 Å². The number of fused-ring (bicyclic) bond motifs is 1. The van der Waals surface area contributed by atoms with Gasteiger partial charge in [-0.3, -0.25) is 14.8 Å². The minimum absolute atomic E-state index is 0.165. The fraction of sp³-hybridized carbons (Fsp3) is 0.0833. The van der Waals surface area contributed by atoms with Gasteiger partial charge in [-0.05, 0) is 6.07 Å². The maximum absolute atomic E-state index is 13.6. The summed E-state index contributed by atoms with van der Waals surface area (Å²) in [6.45, 7) is 0.165. The van der Waals surface area contributed by atoms with E-state index in [1.807, 2.05) is 0 Å². The van der Waals surface area contributed by atoms with Gasteiger partial charge in [-0.1, -0.05) is 18.2 Å². The molecule has 7 heteroatoms. The minimum Gasteiger partial charge on any atom is -0.320 e. The molecule has 96 valence electrons. The molecule has 0 bridgehead atoms. The van der Waals surface area contributed by atoms with Crippen molar-refractivity contribution >= 4 is 11.2 Å². The monoisotopic (exact) mass is 260 g/mol. The molecule has 6 nitrogen and oxygen atoms in total. The van der Waals surface area contributed by atoms with E-state index in [4.69, 9.17) is 0 Å². The summed E-state index contributed by atoms with van der Waals surface area (Å²) in [6, 6.07) is 6.28. The minimum atomic E-state index is -0.617. The molecule has 0 fully saturated rings. The van der Waals surface area contributed by atoms with Crippen LogP contribution in [-0.2, 0) is 6.54 Å². The summed E-state index contributed by atoms with van der Waals surface area (Å²) in [5.74, 6) is -0.356. The number of halogens is 1. The Morgan fingerprint density at radius 3 is 2.79 bits per heavy atom. The summed E-state index contributed by atoms with van der Waals surface area (Å²) >= 11 is 0. The number of H-pyrrole nitrogens is 2. The van der Waals surface area contributed by atoms with Crippen LogP contribution in [0.25, 0.3) is 11.2 Å². The van der Waals surface area contributed by atoms with Crippen molar-refractivity contribution in [2.45, 2.75) is 6.54 Å². The van der Waals surface area contributed by atoms with E-state index in [1.54, 1.807) is 18.2 Å². The summed E-state index contributed by atoms with van der Waals surface area (Å²) in [6.07, 6.45) is 1.39. The van der Waals surface area contributed by atoms with Crippen molar-refractivity contribution in [1.82, 2.24) is 19.5 Å². The van der Waals surface area contributed by atoms with Crippen LogP contribution in [0.3, 0.4) is 0 Å². The molecule has 0 aliphatic rings. The first-order valence-corrected chi connectivity index (χ1v) is 5.56. The summed E-state index contributed by atoms with van der Waals surface area (Å²) in [5, 5.41) is 0. The van der Waals surface area contributed by atoms with Gasteiger partial charge in [0, 0.05) is 5.56 Å². The van der Waals surface area contributed by atoms with Crippen molar-refractivity contribution in [3.05, 3.63) is 62.8 Å². The van der Waals surface area contributed by atoms with E-state index in [-0.39, 0.29) is 23.5 Å². The van der Waals surface area contributed by atoms with Crippen molar-refractivity contribution in [2.75, 3.05) is 0 Å². The molecule has 0 aliphatic heterocycles. The van der Waals surface area contributed by atoms with Crippen molar-refractivity contribution in [2.24, 2.45) is 0 Å². The quantitative estimate of drug-likeness (QED) is 0.707. The van der Waals surface area contributed by atoms with Crippen molar-refractivity contribution in [1.29, 1.82) is 0 Å². The van der Waals surface area contributed by atoms with Crippen LogP contribution in [0.15, 0.2) is 40.2 Å². The normalized spacial score (nSPS) is 11.0. The van der Waals surface area contributed by atoms with Crippen LogP contribution in [0, 0.1) is 5.82 Å². The molecule has 2 N–H and O–H groups in total. The lowest BCUT2D eigenvalue weighted by Crippen LogP contribution is -2.23. The number of benzene rings is 1. The summed E-state index contributed by atoms with van der Waals surface area (Å²) in [5.41, 5.74) is -0.332. The van der Waals surface area contributed by atoms with Crippen LogP contribution in [-0.4, -0.2) is 19.5 Å².